The van der Waals surface area contributed by atoms with Gasteiger partial charge in [-0.15, -0.1) is 0 Å². The molecule has 0 atom stereocenters. The highest BCUT2D eigenvalue weighted by Crippen LogP contribution is 1.80. The average molecular weight is 126 g/mol. The van der Waals surface area contributed by atoms with Crippen molar-refractivity contribution < 1.29 is 4.79 Å². The van der Waals surface area contributed by atoms with Crippen LogP contribution < -0.4 is 5.32 Å². The fraction of sp³-hybridized carbons (Fsp3) is 0.429. The van der Waals surface area contributed by atoms with Crippen molar-refractivity contribution >= 4 is 5.91 Å². The van der Waals surface area contributed by atoms with E-state index in [0.29, 0.717) is 6.54 Å². The predicted octanol–water partition coefficient (Wildman–Crippen LogP) is 0.903. The number of amides is 1. The predicted molar refractivity (Wildman–Crippen MR) is 37.8 cm³/mol. The summed E-state index contributed by atoms with van der Waals surface area (Å²) in [6.07, 6.45) is 4.19. The van der Waals surface area contributed by atoms with Crippen molar-refractivity contribution in [2.45, 2.75) is 13.3 Å². The van der Waals surface area contributed by atoms with Gasteiger partial charge in [-0.1, -0.05) is 13.5 Å². The van der Waals surface area contributed by atoms with Gasteiger partial charge in [-0.05, 0) is 18.9 Å². The first kappa shape index (κ1) is 8.21. The Kier molecular flexibility index (Phi) is 4.88. The molecule has 0 aromatic heterocycles. The topological polar surface area (TPSA) is 29.1 Å². The van der Waals surface area contributed by atoms with E-state index in [0.717, 1.165) is 6.42 Å². The average Bonchev–Trinajstić information content (AvgIpc) is 1.89. The van der Waals surface area contributed by atoms with Gasteiger partial charge >= 0.3 is 0 Å². The van der Waals surface area contributed by atoms with E-state index >= 15 is 0 Å². The van der Waals surface area contributed by atoms with Crippen LogP contribution in [0.4, 0.5) is 0 Å². The second kappa shape index (κ2) is 5.35. The smallest absolute Gasteiger partial charge is 0.243 e. The Bertz CT molecular complexity index is 99.1. The minimum Gasteiger partial charge on any atom is -0.353 e. The summed E-state index contributed by atoms with van der Waals surface area (Å²) in [5.74, 6) is -0.100. The Morgan fingerprint density at radius 1 is 1.78 bits per heavy atom. The maximum Gasteiger partial charge on any atom is 0.243 e. The third-order valence-electron chi connectivity index (χ3n) is 0.918. The first-order valence-electron chi connectivity index (χ1n) is 2.99. The standard InChI is InChI=1S/C7H12NO/c1-3-5-6-8-7(9)4-2/h3-4H,2,5-6H2,1H3,(H,8,9). The molecular formula is C7H12NO. The molecule has 9 heavy (non-hydrogen) atoms. The molecule has 0 aliphatic heterocycles. The van der Waals surface area contributed by atoms with Gasteiger partial charge in [0.15, 0.2) is 0 Å². The van der Waals surface area contributed by atoms with E-state index in [4.69, 9.17) is 0 Å². The van der Waals surface area contributed by atoms with E-state index < -0.39 is 0 Å². The van der Waals surface area contributed by atoms with Crippen molar-refractivity contribution in [1.29, 1.82) is 0 Å². The molecule has 1 N–H and O–H groups in total. The molecule has 0 fully saturated rings. The molecule has 0 aliphatic carbocycles. The van der Waals surface area contributed by atoms with E-state index in [1.54, 1.807) is 0 Å². The fourth-order valence-electron chi connectivity index (χ4n) is 0.412. The van der Waals surface area contributed by atoms with Crippen LogP contribution in [-0.4, -0.2) is 12.5 Å². The molecule has 0 unspecified atom stereocenters. The van der Waals surface area contributed by atoms with E-state index in [2.05, 4.69) is 11.9 Å². The van der Waals surface area contributed by atoms with Gasteiger partial charge in [-0.25, -0.2) is 0 Å². The van der Waals surface area contributed by atoms with Crippen molar-refractivity contribution in [3.8, 4) is 0 Å². The van der Waals surface area contributed by atoms with Crippen LogP contribution in [0.25, 0.3) is 0 Å². The molecule has 0 aliphatic rings. The first-order valence-corrected chi connectivity index (χ1v) is 2.99. The molecule has 1 amide bonds. The summed E-state index contributed by atoms with van der Waals surface area (Å²) in [5.41, 5.74) is 0. The lowest BCUT2D eigenvalue weighted by molar-refractivity contribution is -0.116. The quantitative estimate of drug-likeness (QED) is 0.440. The molecule has 2 heteroatoms. The summed E-state index contributed by atoms with van der Waals surface area (Å²) in [6.45, 7) is 5.99. The van der Waals surface area contributed by atoms with E-state index in [1.165, 1.54) is 6.08 Å². The summed E-state index contributed by atoms with van der Waals surface area (Å²) in [7, 11) is 0. The Labute approximate surface area is 56.0 Å². The minimum atomic E-state index is -0.100. The second-order valence-electron chi connectivity index (χ2n) is 1.69. The van der Waals surface area contributed by atoms with Crippen LogP contribution in [0.2, 0.25) is 0 Å². The zero-order valence-electron chi connectivity index (χ0n) is 5.68. The second-order valence-corrected chi connectivity index (χ2v) is 1.69. The van der Waals surface area contributed by atoms with Crippen LogP contribution in [-0.2, 0) is 4.79 Å². The number of nitrogens with one attached hydrogen (secondary N) is 1. The van der Waals surface area contributed by atoms with Crippen molar-refractivity contribution in [2.75, 3.05) is 6.54 Å². The van der Waals surface area contributed by atoms with Gasteiger partial charge in [0.1, 0.15) is 0 Å². The van der Waals surface area contributed by atoms with Crippen LogP contribution in [0.15, 0.2) is 12.7 Å². The number of unbranched alkanes of at least 4 members (excludes halogenated alkanes) is 1. The minimum absolute atomic E-state index is 0.100. The van der Waals surface area contributed by atoms with Gasteiger partial charge in [-0.3, -0.25) is 4.79 Å². The Balaban J connectivity index is 3.07. The molecule has 0 bridgehead atoms. The third-order valence-corrected chi connectivity index (χ3v) is 0.918. The van der Waals surface area contributed by atoms with Crippen molar-refractivity contribution in [3.63, 3.8) is 0 Å². The molecule has 2 nitrogen and oxygen atoms in total. The zero-order chi connectivity index (χ0) is 7.11. The molecule has 0 aromatic carbocycles. The van der Waals surface area contributed by atoms with Crippen LogP contribution in [0, 0.1) is 6.42 Å². The van der Waals surface area contributed by atoms with E-state index in [1.807, 2.05) is 13.3 Å². The van der Waals surface area contributed by atoms with Gasteiger partial charge in [0.05, 0.1) is 0 Å². The van der Waals surface area contributed by atoms with Crippen molar-refractivity contribution in [3.05, 3.63) is 19.1 Å². The number of carbonyl (C=O) groups is 1. The molecule has 0 rings (SSSR count). The van der Waals surface area contributed by atoms with Gasteiger partial charge in [0.2, 0.25) is 5.91 Å². The number of carbonyl (C=O) groups excluding carboxylic acids is 1. The SMILES string of the molecule is C=CC(=O)NCC[CH]C. The normalized spacial score (nSPS) is 8.56. The summed E-state index contributed by atoms with van der Waals surface area (Å²) >= 11 is 0. The molecule has 0 heterocycles. The van der Waals surface area contributed by atoms with Gasteiger partial charge in [0.25, 0.3) is 0 Å². The lowest BCUT2D eigenvalue weighted by Gasteiger charge is -1.97. The van der Waals surface area contributed by atoms with Crippen molar-refractivity contribution in [2.24, 2.45) is 0 Å². The van der Waals surface area contributed by atoms with E-state index in [9.17, 15) is 4.79 Å². The zero-order valence-corrected chi connectivity index (χ0v) is 5.68. The first-order chi connectivity index (χ1) is 4.31. The van der Waals surface area contributed by atoms with Gasteiger partial charge in [0, 0.05) is 6.54 Å². The van der Waals surface area contributed by atoms with Crippen LogP contribution >= 0.6 is 0 Å². The van der Waals surface area contributed by atoms with E-state index in [-0.39, 0.29) is 5.91 Å². The molecule has 0 saturated carbocycles. The molecule has 1 radical (unpaired) electrons. The van der Waals surface area contributed by atoms with Crippen molar-refractivity contribution in [1.82, 2.24) is 5.32 Å². The molecule has 51 valence electrons. The summed E-state index contributed by atoms with van der Waals surface area (Å²) in [6, 6.07) is 0. The highest BCUT2D eigenvalue weighted by molar-refractivity contribution is 5.86. The van der Waals surface area contributed by atoms with Crippen LogP contribution in [0.1, 0.15) is 13.3 Å². The Morgan fingerprint density at radius 2 is 2.44 bits per heavy atom. The summed E-state index contributed by atoms with van der Waals surface area (Å²) in [4.78, 5) is 10.4. The lowest BCUT2D eigenvalue weighted by atomic mass is 10.3. The maximum absolute atomic E-state index is 10.4. The molecular weight excluding hydrogens is 114 g/mol. The fourth-order valence-corrected chi connectivity index (χ4v) is 0.412. The number of hydrogen-bond acceptors (Lipinski definition) is 1. The highest BCUT2D eigenvalue weighted by atomic mass is 16.1. The monoisotopic (exact) mass is 126 g/mol. The van der Waals surface area contributed by atoms with Crippen LogP contribution in [0.5, 0.6) is 0 Å². The molecule has 0 aromatic rings. The summed E-state index contributed by atoms with van der Waals surface area (Å²) in [5, 5.41) is 2.64. The maximum atomic E-state index is 10.4. The highest BCUT2D eigenvalue weighted by Gasteiger charge is 1.88. The van der Waals surface area contributed by atoms with Crippen LogP contribution in [0.3, 0.4) is 0 Å². The molecule has 0 saturated heterocycles. The number of hydrogen-bond donors (Lipinski definition) is 1. The number of rotatable bonds is 4. The third kappa shape index (κ3) is 5.07. The Hall–Kier alpha value is -0.790. The lowest BCUT2D eigenvalue weighted by Crippen LogP contribution is -2.21. The summed E-state index contributed by atoms with van der Waals surface area (Å²) < 4.78 is 0. The van der Waals surface area contributed by atoms with Gasteiger partial charge in [-0.2, -0.15) is 0 Å². The largest absolute Gasteiger partial charge is 0.353 e. The Morgan fingerprint density at radius 3 is 2.89 bits per heavy atom. The molecule has 0 spiro atoms. The van der Waals surface area contributed by atoms with Gasteiger partial charge < -0.3 is 5.32 Å².